The van der Waals surface area contributed by atoms with Gasteiger partial charge in [-0.1, -0.05) is 6.92 Å². The number of nitrogens with zero attached hydrogens (tertiary/aromatic N) is 1. The minimum Gasteiger partial charge on any atom is -0.307 e. The fourth-order valence-electron chi connectivity index (χ4n) is 1.68. The van der Waals surface area contributed by atoms with Crippen molar-refractivity contribution in [1.82, 2.24) is 10.3 Å². The van der Waals surface area contributed by atoms with Gasteiger partial charge in [-0.05, 0) is 55.3 Å². The monoisotopic (exact) mass is 358 g/mol. The predicted octanol–water partition coefficient (Wildman–Crippen LogP) is 5.08. The Kier molecular flexibility index (Phi) is 4.82. The molecule has 2 rings (SSSR count). The van der Waals surface area contributed by atoms with Crippen LogP contribution in [0, 0.1) is 0 Å². The van der Waals surface area contributed by atoms with Crippen molar-refractivity contribution < 1.29 is 0 Å². The summed E-state index contributed by atoms with van der Waals surface area (Å²) in [4.78, 5) is 7.38. The zero-order valence-corrected chi connectivity index (χ0v) is 14.9. The fraction of sp³-hybridized carbons (Fsp3) is 0.500. The van der Waals surface area contributed by atoms with Crippen LogP contribution in [0.3, 0.4) is 0 Å². The zero-order valence-electron chi connectivity index (χ0n) is 11.7. The summed E-state index contributed by atoms with van der Waals surface area (Å²) in [6.07, 6.45) is 0.990. The lowest BCUT2D eigenvalue weighted by atomic mass is 10.1. The third-order valence-corrected chi connectivity index (χ3v) is 5.57. The van der Waals surface area contributed by atoms with E-state index in [1.807, 2.05) is 11.3 Å². The van der Waals surface area contributed by atoms with E-state index in [-0.39, 0.29) is 5.54 Å². The summed E-state index contributed by atoms with van der Waals surface area (Å²) in [6.45, 7) is 9.64. The summed E-state index contributed by atoms with van der Waals surface area (Å²) in [5.41, 5.74) is 1.36. The van der Waals surface area contributed by atoms with E-state index in [0.29, 0.717) is 0 Å². The highest BCUT2D eigenvalue weighted by Gasteiger charge is 2.15. The highest BCUT2D eigenvalue weighted by atomic mass is 79.9. The average molecular weight is 359 g/mol. The maximum Gasteiger partial charge on any atom is 0.133 e. The van der Waals surface area contributed by atoms with E-state index in [1.165, 1.54) is 15.4 Å². The lowest BCUT2D eigenvalue weighted by Crippen LogP contribution is -2.35. The first-order valence-corrected chi connectivity index (χ1v) is 8.81. The number of hydrogen-bond donors (Lipinski definition) is 1. The van der Waals surface area contributed by atoms with E-state index in [0.717, 1.165) is 21.8 Å². The number of aryl methyl sites for hydroxylation is 1. The number of nitrogens with one attached hydrogen (secondary N) is 1. The normalized spacial score (nSPS) is 12.1. The van der Waals surface area contributed by atoms with Crippen molar-refractivity contribution in [2.24, 2.45) is 0 Å². The molecule has 0 saturated carbocycles. The van der Waals surface area contributed by atoms with Crippen molar-refractivity contribution in [3.8, 4) is 9.88 Å². The lowest BCUT2D eigenvalue weighted by molar-refractivity contribution is 0.425. The molecule has 0 spiro atoms. The van der Waals surface area contributed by atoms with Crippen molar-refractivity contribution in [2.45, 2.75) is 46.2 Å². The van der Waals surface area contributed by atoms with Crippen LogP contribution in [0.25, 0.3) is 9.88 Å². The van der Waals surface area contributed by atoms with Crippen molar-refractivity contribution in [3.05, 3.63) is 26.5 Å². The van der Waals surface area contributed by atoms with Gasteiger partial charge >= 0.3 is 0 Å². The quantitative estimate of drug-likeness (QED) is 0.823. The van der Waals surface area contributed by atoms with E-state index in [4.69, 9.17) is 4.98 Å². The molecule has 2 nitrogen and oxygen atoms in total. The minimum atomic E-state index is 0.140. The van der Waals surface area contributed by atoms with Gasteiger partial charge in [-0.2, -0.15) is 0 Å². The van der Waals surface area contributed by atoms with Crippen LogP contribution in [0.1, 0.15) is 38.3 Å². The lowest BCUT2D eigenvalue weighted by Gasteiger charge is -2.20. The highest BCUT2D eigenvalue weighted by molar-refractivity contribution is 9.11. The molecule has 5 heteroatoms. The van der Waals surface area contributed by atoms with Crippen LogP contribution < -0.4 is 5.32 Å². The molecule has 2 aromatic rings. The van der Waals surface area contributed by atoms with Gasteiger partial charge in [0.15, 0.2) is 0 Å². The second-order valence-corrected chi connectivity index (χ2v) is 9.00. The molecule has 19 heavy (non-hydrogen) atoms. The van der Waals surface area contributed by atoms with E-state index >= 15 is 0 Å². The number of halogens is 1. The number of hydrogen-bond acceptors (Lipinski definition) is 4. The Bertz CT molecular complexity index is 552. The second-order valence-electron chi connectivity index (χ2n) is 5.45. The molecule has 0 fully saturated rings. The Hall–Kier alpha value is -0.230. The molecule has 0 aliphatic rings. The Morgan fingerprint density at radius 1 is 1.26 bits per heavy atom. The predicted molar refractivity (Wildman–Crippen MR) is 89.1 cm³/mol. The van der Waals surface area contributed by atoms with Crippen LogP contribution in [0.15, 0.2) is 15.9 Å². The molecule has 0 aliphatic heterocycles. The summed E-state index contributed by atoms with van der Waals surface area (Å²) >= 11 is 7.06. The smallest absolute Gasteiger partial charge is 0.133 e. The number of aromatic nitrogens is 1. The van der Waals surface area contributed by atoms with Gasteiger partial charge in [0.1, 0.15) is 5.01 Å². The highest BCUT2D eigenvalue weighted by Crippen LogP contribution is 2.35. The summed E-state index contributed by atoms with van der Waals surface area (Å²) in [5, 5.41) is 4.68. The Labute approximate surface area is 131 Å². The van der Waals surface area contributed by atoms with Crippen LogP contribution in [0.4, 0.5) is 0 Å². The number of rotatable bonds is 4. The van der Waals surface area contributed by atoms with E-state index in [1.54, 1.807) is 11.3 Å². The molecule has 0 saturated heterocycles. The molecule has 2 heterocycles. The molecule has 0 amide bonds. The maximum atomic E-state index is 4.78. The molecular weight excluding hydrogens is 340 g/mol. The van der Waals surface area contributed by atoms with Crippen LogP contribution in [0.2, 0.25) is 0 Å². The third kappa shape index (κ3) is 4.12. The average Bonchev–Trinajstić information content (AvgIpc) is 2.91. The molecule has 0 unspecified atom stereocenters. The molecule has 2 aromatic heterocycles. The summed E-state index contributed by atoms with van der Waals surface area (Å²) in [7, 11) is 0. The van der Waals surface area contributed by atoms with Crippen molar-refractivity contribution in [1.29, 1.82) is 0 Å². The van der Waals surface area contributed by atoms with Gasteiger partial charge in [0.05, 0.1) is 14.4 Å². The number of thiophene rings is 1. The maximum absolute atomic E-state index is 4.78. The summed E-state index contributed by atoms with van der Waals surface area (Å²) < 4.78 is 1.16. The van der Waals surface area contributed by atoms with Gasteiger partial charge in [-0.25, -0.2) is 4.98 Å². The summed E-state index contributed by atoms with van der Waals surface area (Å²) in [5.74, 6) is 0. The first-order valence-electron chi connectivity index (χ1n) is 6.38. The Balaban J connectivity index is 2.22. The topological polar surface area (TPSA) is 24.9 Å². The van der Waals surface area contributed by atoms with E-state index in [9.17, 15) is 0 Å². The van der Waals surface area contributed by atoms with Gasteiger partial charge < -0.3 is 5.32 Å². The van der Waals surface area contributed by atoms with Gasteiger partial charge in [0.25, 0.3) is 0 Å². The van der Waals surface area contributed by atoms with Gasteiger partial charge in [-0.3, -0.25) is 0 Å². The Morgan fingerprint density at radius 2 is 2.00 bits per heavy atom. The van der Waals surface area contributed by atoms with E-state index in [2.05, 4.69) is 61.1 Å². The van der Waals surface area contributed by atoms with Crippen LogP contribution in [-0.4, -0.2) is 10.5 Å². The molecule has 0 radical (unpaired) electrons. The zero-order chi connectivity index (χ0) is 14.0. The van der Waals surface area contributed by atoms with Crippen molar-refractivity contribution >= 4 is 38.6 Å². The first-order chi connectivity index (χ1) is 8.89. The summed E-state index contributed by atoms with van der Waals surface area (Å²) in [6, 6.07) is 4.22. The molecule has 104 valence electrons. The van der Waals surface area contributed by atoms with E-state index < -0.39 is 0 Å². The van der Waals surface area contributed by atoms with Crippen LogP contribution >= 0.6 is 38.6 Å². The minimum absolute atomic E-state index is 0.140. The Morgan fingerprint density at radius 3 is 2.53 bits per heavy atom. The molecule has 0 aliphatic carbocycles. The molecule has 0 bridgehead atoms. The largest absolute Gasteiger partial charge is 0.307 e. The van der Waals surface area contributed by atoms with Gasteiger partial charge in [0.2, 0.25) is 0 Å². The molecular formula is C14H19BrN2S2. The van der Waals surface area contributed by atoms with Crippen molar-refractivity contribution in [3.63, 3.8) is 0 Å². The number of thiazole rings is 1. The van der Waals surface area contributed by atoms with Gasteiger partial charge in [-0.15, -0.1) is 22.7 Å². The van der Waals surface area contributed by atoms with Crippen LogP contribution in [0.5, 0.6) is 0 Å². The fourth-order valence-corrected chi connectivity index (χ4v) is 4.21. The van der Waals surface area contributed by atoms with Crippen molar-refractivity contribution in [2.75, 3.05) is 0 Å². The molecule has 1 N–H and O–H groups in total. The SMILES string of the molecule is CCc1nc(-c2ccc(Br)s2)sc1CNC(C)(C)C. The molecule has 0 atom stereocenters. The van der Waals surface area contributed by atoms with Crippen LogP contribution in [-0.2, 0) is 13.0 Å². The third-order valence-electron chi connectivity index (χ3n) is 2.68. The second kappa shape index (κ2) is 6.04. The van der Waals surface area contributed by atoms with Gasteiger partial charge in [0, 0.05) is 17.0 Å². The first kappa shape index (κ1) is 15.2. The molecule has 0 aromatic carbocycles. The standard InChI is InChI=1S/C14H19BrN2S2/c1-5-9-11(8-16-14(2,3)4)19-13(17-9)10-6-7-12(15)18-10/h6-7,16H,5,8H2,1-4H3.